The van der Waals surface area contributed by atoms with E-state index in [2.05, 4.69) is 4.98 Å². The fourth-order valence-corrected chi connectivity index (χ4v) is 4.56. The molecule has 1 aliphatic heterocycles. The zero-order valence-electron chi connectivity index (χ0n) is 23.6. The molecule has 0 bridgehead atoms. The largest absolute Gasteiger partial charge is 0.454 e. The lowest BCUT2D eigenvalue weighted by Gasteiger charge is -2.28. The van der Waals surface area contributed by atoms with E-state index in [1.807, 2.05) is 20.8 Å². The van der Waals surface area contributed by atoms with Crippen LogP contribution >= 0.6 is 0 Å². The molecule has 3 amide bonds. The Morgan fingerprint density at radius 2 is 1.62 bits per heavy atom. The number of nitrogens with zero attached hydrogens (tertiary/aromatic N) is 3. The number of hydrogen-bond acceptors (Lipinski definition) is 8. The Hall–Kier alpha value is -4.22. The third-order valence-electron chi connectivity index (χ3n) is 6.76. The number of fused-ring (bicyclic) bond motifs is 1. The molecule has 0 saturated carbocycles. The predicted octanol–water partition coefficient (Wildman–Crippen LogP) is 2.16. The summed E-state index contributed by atoms with van der Waals surface area (Å²) < 4.78 is 6.55. The fraction of sp³-hybridized carbons (Fsp3) is 0.500. The van der Waals surface area contributed by atoms with Crippen LogP contribution in [0.3, 0.4) is 0 Å². The lowest BCUT2D eigenvalue weighted by atomic mass is 10.0. The summed E-state index contributed by atoms with van der Waals surface area (Å²) in [5.41, 5.74) is 4.91. The van der Waals surface area contributed by atoms with Crippen molar-refractivity contribution in [3.63, 3.8) is 0 Å². The smallest absolute Gasteiger partial charge is 0.330 e. The minimum Gasteiger partial charge on any atom is -0.454 e. The van der Waals surface area contributed by atoms with Crippen LogP contribution in [0.15, 0.2) is 33.9 Å². The third-order valence-corrected chi connectivity index (χ3v) is 6.76. The van der Waals surface area contributed by atoms with Crippen LogP contribution in [0.5, 0.6) is 0 Å². The molecule has 1 aromatic carbocycles. The molecule has 0 spiro atoms. The van der Waals surface area contributed by atoms with Gasteiger partial charge < -0.3 is 15.4 Å². The van der Waals surface area contributed by atoms with E-state index in [0.717, 1.165) is 16.2 Å². The second-order valence-electron chi connectivity index (χ2n) is 10.5. The SMILES string of the molecule is CCCCn1c(N)c(N(CCC(C)C)C(=O)COC(=O)[C@@H](C(C)C)N2C(=O)c3ccccc3C2=O)c(=O)[nH]c1=O. The summed E-state index contributed by atoms with van der Waals surface area (Å²) in [5, 5.41) is 0. The maximum Gasteiger partial charge on any atom is 0.330 e. The van der Waals surface area contributed by atoms with E-state index in [0.29, 0.717) is 12.8 Å². The molecule has 2 aromatic rings. The van der Waals surface area contributed by atoms with E-state index in [-0.39, 0.29) is 41.6 Å². The molecular weight excluding hydrogens is 518 g/mol. The summed E-state index contributed by atoms with van der Waals surface area (Å²) in [6.45, 7) is 8.70. The van der Waals surface area contributed by atoms with Crippen molar-refractivity contribution < 1.29 is 23.9 Å². The summed E-state index contributed by atoms with van der Waals surface area (Å²) >= 11 is 0. The van der Waals surface area contributed by atoms with E-state index in [1.165, 1.54) is 16.7 Å². The molecule has 12 heteroatoms. The maximum atomic E-state index is 13.4. The number of anilines is 2. The van der Waals surface area contributed by atoms with Crippen molar-refractivity contribution in [3.8, 4) is 0 Å². The van der Waals surface area contributed by atoms with E-state index >= 15 is 0 Å². The van der Waals surface area contributed by atoms with Crippen LogP contribution in [0, 0.1) is 11.8 Å². The van der Waals surface area contributed by atoms with Crippen LogP contribution in [0.25, 0.3) is 0 Å². The first kappa shape index (κ1) is 30.3. The molecule has 1 aliphatic rings. The minimum absolute atomic E-state index is 0.0827. The lowest BCUT2D eigenvalue weighted by molar-refractivity contribution is -0.153. The van der Waals surface area contributed by atoms with Gasteiger partial charge in [0.1, 0.15) is 11.9 Å². The van der Waals surface area contributed by atoms with Crippen LogP contribution < -0.4 is 21.9 Å². The highest BCUT2D eigenvalue weighted by Crippen LogP contribution is 2.28. The van der Waals surface area contributed by atoms with Gasteiger partial charge in [-0.25, -0.2) is 9.59 Å². The minimum atomic E-state index is -1.27. The van der Waals surface area contributed by atoms with Crippen LogP contribution in [-0.2, 0) is 20.9 Å². The highest BCUT2D eigenvalue weighted by Gasteiger charge is 2.45. The van der Waals surface area contributed by atoms with Crippen molar-refractivity contribution in [2.75, 3.05) is 23.8 Å². The highest BCUT2D eigenvalue weighted by molar-refractivity contribution is 6.22. The number of H-pyrrole nitrogens is 1. The highest BCUT2D eigenvalue weighted by atomic mass is 16.5. The number of nitrogen functional groups attached to an aromatic ring is 1. The average Bonchev–Trinajstić information content (AvgIpc) is 3.14. The number of esters is 1. The molecule has 0 fully saturated rings. The quantitative estimate of drug-likeness (QED) is 0.297. The number of benzene rings is 1. The van der Waals surface area contributed by atoms with E-state index in [9.17, 15) is 28.8 Å². The number of imide groups is 1. The molecule has 0 saturated heterocycles. The number of hydrogen-bond donors (Lipinski definition) is 2. The number of aromatic amines is 1. The van der Waals surface area contributed by atoms with Gasteiger partial charge in [0.05, 0.1) is 11.1 Å². The monoisotopic (exact) mass is 555 g/mol. The van der Waals surface area contributed by atoms with Crippen molar-refractivity contribution in [3.05, 3.63) is 56.2 Å². The van der Waals surface area contributed by atoms with Crippen molar-refractivity contribution >= 4 is 35.2 Å². The van der Waals surface area contributed by atoms with Crippen LogP contribution in [0.4, 0.5) is 11.5 Å². The molecule has 3 rings (SSSR count). The Morgan fingerprint density at radius 3 is 2.15 bits per heavy atom. The molecule has 40 heavy (non-hydrogen) atoms. The third kappa shape index (κ3) is 6.16. The van der Waals surface area contributed by atoms with Gasteiger partial charge in [0.25, 0.3) is 23.3 Å². The molecule has 0 unspecified atom stereocenters. The molecule has 1 atom stereocenters. The van der Waals surface area contributed by atoms with Crippen LogP contribution in [0.1, 0.15) is 74.6 Å². The Balaban J connectivity index is 1.87. The first-order valence-electron chi connectivity index (χ1n) is 13.5. The van der Waals surface area contributed by atoms with Crippen LogP contribution in [-0.4, -0.2) is 57.3 Å². The zero-order valence-corrected chi connectivity index (χ0v) is 23.6. The number of unbranched alkanes of at least 4 members (excludes halogenated alkanes) is 1. The molecular formula is C28H37N5O7. The topological polar surface area (TPSA) is 165 Å². The van der Waals surface area contributed by atoms with Gasteiger partial charge in [-0.05, 0) is 36.8 Å². The van der Waals surface area contributed by atoms with E-state index in [4.69, 9.17) is 10.5 Å². The molecule has 3 N–H and O–H groups in total. The lowest BCUT2D eigenvalue weighted by Crippen LogP contribution is -2.49. The Kier molecular flexibility index (Phi) is 9.67. The van der Waals surface area contributed by atoms with Gasteiger partial charge in [0.15, 0.2) is 12.3 Å². The van der Waals surface area contributed by atoms with Crippen LogP contribution in [0.2, 0.25) is 0 Å². The normalized spacial score (nSPS) is 13.6. The first-order valence-corrected chi connectivity index (χ1v) is 13.5. The molecule has 1 aromatic heterocycles. The summed E-state index contributed by atoms with van der Waals surface area (Å²) in [4.78, 5) is 82.0. The van der Waals surface area contributed by atoms with Crippen molar-refractivity contribution in [1.29, 1.82) is 0 Å². The van der Waals surface area contributed by atoms with E-state index in [1.54, 1.807) is 26.0 Å². The van der Waals surface area contributed by atoms with Gasteiger partial charge in [-0.3, -0.25) is 33.6 Å². The number of aromatic nitrogens is 2. The number of carbonyl (C=O) groups excluding carboxylic acids is 4. The van der Waals surface area contributed by atoms with Gasteiger partial charge in [0, 0.05) is 13.1 Å². The molecule has 2 heterocycles. The van der Waals surface area contributed by atoms with Crippen molar-refractivity contribution in [2.24, 2.45) is 11.8 Å². The fourth-order valence-electron chi connectivity index (χ4n) is 4.56. The molecule has 216 valence electrons. The van der Waals surface area contributed by atoms with Gasteiger partial charge in [-0.15, -0.1) is 0 Å². The van der Waals surface area contributed by atoms with Gasteiger partial charge in [-0.2, -0.15) is 0 Å². The van der Waals surface area contributed by atoms with E-state index < -0.39 is 53.5 Å². The van der Waals surface area contributed by atoms with Gasteiger partial charge >= 0.3 is 11.7 Å². The predicted molar refractivity (Wildman–Crippen MR) is 149 cm³/mol. The standard InChI is InChI=1S/C28H37N5O7/c1-6-7-13-32-23(29)22(24(35)30-28(32)39)31(14-12-16(2)3)20(34)15-40-27(38)21(17(4)5)33-25(36)18-10-8-9-11-19(18)26(33)37/h8-11,16-17,21H,6-7,12-15,29H2,1-5H3,(H,30,35,39)/t21-/m1/s1. The van der Waals surface area contributed by atoms with Crippen molar-refractivity contribution in [2.45, 2.75) is 66.5 Å². The Bertz CT molecular complexity index is 1370. The first-order chi connectivity index (χ1) is 18.9. The summed E-state index contributed by atoms with van der Waals surface area (Å²) in [6, 6.07) is 5.00. The summed E-state index contributed by atoms with van der Waals surface area (Å²) in [5.74, 6) is -3.42. The summed E-state index contributed by atoms with van der Waals surface area (Å²) in [6.07, 6.45) is 1.90. The maximum absolute atomic E-state index is 13.4. The second kappa shape index (κ2) is 12.8. The summed E-state index contributed by atoms with van der Waals surface area (Å²) in [7, 11) is 0. The number of nitrogens with two attached hydrogens (primary N) is 1. The molecule has 0 radical (unpaired) electrons. The Morgan fingerprint density at radius 1 is 1.02 bits per heavy atom. The second-order valence-corrected chi connectivity index (χ2v) is 10.5. The number of carbonyl (C=O) groups is 4. The number of ether oxygens (including phenoxy) is 1. The van der Waals surface area contributed by atoms with Gasteiger partial charge in [0.2, 0.25) is 0 Å². The average molecular weight is 556 g/mol. The Labute approximate surface area is 232 Å². The number of nitrogens with one attached hydrogen (secondary N) is 1. The molecule has 12 nitrogen and oxygen atoms in total. The molecule has 0 aliphatic carbocycles. The number of rotatable bonds is 12. The zero-order chi connectivity index (χ0) is 29.7. The van der Waals surface area contributed by atoms with Crippen molar-refractivity contribution in [1.82, 2.24) is 14.5 Å². The number of amides is 3. The van der Waals surface area contributed by atoms with Gasteiger partial charge in [-0.1, -0.05) is 53.2 Å².